The first kappa shape index (κ1) is 17.8. The highest BCUT2D eigenvalue weighted by Gasteiger charge is 2.36. The van der Waals surface area contributed by atoms with Gasteiger partial charge in [0.25, 0.3) is 0 Å². The number of rotatable bonds is 3. The summed E-state index contributed by atoms with van der Waals surface area (Å²) in [4.78, 5) is 26.6. The van der Waals surface area contributed by atoms with Gasteiger partial charge in [-0.2, -0.15) is 0 Å². The summed E-state index contributed by atoms with van der Waals surface area (Å²) in [5.41, 5.74) is 3.18. The Morgan fingerprint density at radius 3 is 2.72 bits per heavy atom. The number of carbonyl (C=O) groups is 2. The average molecular weight is 377 g/mol. The fourth-order valence-corrected chi connectivity index (χ4v) is 3.31. The first-order chi connectivity index (χ1) is 11.9. The van der Waals surface area contributed by atoms with Crippen LogP contribution in [0.3, 0.4) is 0 Å². The molecule has 1 saturated heterocycles. The highest BCUT2D eigenvalue weighted by molar-refractivity contribution is 6.32. The highest BCUT2D eigenvalue weighted by Crippen LogP contribution is 2.32. The number of amides is 2. The zero-order chi connectivity index (χ0) is 18.1. The number of hydrogen-bond donors (Lipinski definition) is 1. The first-order valence-electron chi connectivity index (χ1n) is 7.99. The van der Waals surface area contributed by atoms with Crippen LogP contribution in [0.1, 0.15) is 17.5 Å². The number of nitrogens with zero attached hydrogens (tertiary/aromatic N) is 1. The van der Waals surface area contributed by atoms with Crippen molar-refractivity contribution in [3.05, 3.63) is 57.6 Å². The van der Waals surface area contributed by atoms with Crippen molar-refractivity contribution in [3.8, 4) is 0 Å². The second kappa shape index (κ2) is 7.06. The Morgan fingerprint density at radius 2 is 1.96 bits per heavy atom. The fraction of sp³-hybridized carbons (Fsp3) is 0.263. The van der Waals surface area contributed by atoms with Crippen LogP contribution in [-0.2, 0) is 9.59 Å². The van der Waals surface area contributed by atoms with Gasteiger partial charge in [-0.05, 0) is 49.2 Å². The van der Waals surface area contributed by atoms with Crippen molar-refractivity contribution in [2.24, 2.45) is 5.92 Å². The summed E-state index contributed by atoms with van der Waals surface area (Å²) in [6, 6.07) is 10.8. The molecule has 2 aromatic carbocycles. The maximum atomic E-state index is 12.6. The SMILES string of the molecule is Cc1ccc(Cl)cc1NC(=O)[C@@H]1CC(=O)N(c2cccc(Cl)c2C)C1. The molecule has 130 valence electrons. The molecule has 1 N–H and O–H groups in total. The van der Waals surface area contributed by atoms with Gasteiger partial charge in [-0.1, -0.05) is 35.3 Å². The van der Waals surface area contributed by atoms with E-state index >= 15 is 0 Å². The van der Waals surface area contributed by atoms with Crippen molar-refractivity contribution in [3.63, 3.8) is 0 Å². The summed E-state index contributed by atoms with van der Waals surface area (Å²) in [5, 5.41) is 4.04. The van der Waals surface area contributed by atoms with Crippen molar-refractivity contribution in [2.45, 2.75) is 20.3 Å². The van der Waals surface area contributed by atoms with Crippen LogP contribution >= 0.6 is 23.2 Å². The van der Waals surface area contributed by atoms with Gasteiger partial charge in [0, 0.05) is 34.4 Å². The molecule has 3 rings (SSSR count). The van der Waals surface area contributed by atoms with Gasteiger partial charge < -0.3 is 10.2 Å². The van der Waals surface area contributed by atoms with E-state index in [9.17, 15) is 9.59 Å². The molecule has 0 saturated carbocycles. The van der Waals surface area contributed by atoms with Crippen molar-refractivity contribution in [1.82, 2.24) is 0 Å². The minimum atomic E-state index is -0.413. The summed E-state index contributed by atoms with van der Waals surface area (Å²) in [7, 11) is 0. The van der Waals surface area contributed by atoms with Crippen LogP contribution < -0.4 is 10.2 Å². The van der Waals surface area contributed by atoms with Crippen molar-refractivity contribution in [1.29, 1.82) is 0 Å². The van der Waals surface area contributed by atoms with Crippen LogP contribution in [0.5, 0.6) is 0 Å². The van der Waals surface area contributed by atoms with E-state index in [1.165, 1.54) is 0 Å². The van der Waals surface area contributed by atoms with Crippen molar-refractivity contribution in [2.75, 3.05) is 16.8 Å². The molecule has 0 spiro atoms. The molecule has 0 bridgehead atoms. The molecule has 0 aliphatic carbocycles. The lowest BCUT2D eigenvalue weighted by Crippen LogP contribution is -2.28. The first-order valence-corrected chi connectivity index (χ1v) is 8.75. The summed E-state index contributed by atoms with van der Waals surface area (Å²) >= 11 is 12.1. The third-order valence-corrected chi connectivity index (χ3v) is 5.13. The second-order valence-electron chi connectivity index (χ2n) is 6.24. The van der Waals surface area contributed by atoms with Gasteiger partial charge in [0.05, 0.1) is 5.92 Å². The van der Waals surface area contributed by atoms with E-state index in [1.54, 1.807) is 29.2 Å². The van der Waals surface area contributed by atoms with E-state index in [0.717, 1.165) is 16.8 Å². The van der Waals surface area contributed by atoms with E-state index in [1.807, 2.05) is 26.0 Å². The maximum Gasteiger partial charge on any atom is 0.229 e. The number of nitrogens with one attached hydrogen (secondary N) is 1. The third-order valence-electron chi connectivity index (χ3n) is 4.48. The molecule has 1 atom stereocenters. The standard InChI is InChI=1S/C19H18Cl2N2O2/c1-11-6-7-14(20)9-16(11)22-19(25)13-8-18(24)23(10-13)17-5-3-4-15(21)12(17)2/h3-7,9,13H,8,10H2,1-2H3,(H,22,25)/t13-/m1/s1. The molecular formula is C19H18Cl2N2O2. The number of halogens is 2. The molecule has 0 aromatic heterocycles. The summed E-state index contributed by atoms with van der Waals surface area (Å²) in [6.45, 7) is 4.10. The Morgan fingerprint density at radius 1 is 1.20 bits per heavy atom. The van der Waals surface area contributed by atoms with Crippen LogP contribution in [0.2, 0.25) is 10.0 Å². The largest absolute Gasteiger partial charge is 0.325 e. The Hall–Kier alpha value is -2.04. The number of anilines is 2. The molecule has 1 aliphatic rings. The lowest BCUT2D eigenvalue weighted by atomic mass is 10.1. The fourth-order valence-electron chi connectivity index (χ4n) is 2.97. The van der Waals surface area contributed by atoms with Crippen LogP contribution in [0.25, 0.3) is 0 Å². The molecule has 0 radical (unpaired) electrons. The van der Waals surface area contributed by atoms with E-state index in [2.05, 4.69) is 5.32 Å². The number of benzene rings is 2. The van der Waals surface area contributed by atoms with E-state index < -0.39 is 5.92 Å². The summed E-state index contributed by atoms with van der Waals surface area (Å²) in [6.07, 6.45) is 0.178. The van der Waals surface area contributed by atoms with Crippen LogP contribution in [0.4, 0.5) is 11.4 Å². The van der Waals surface area contributed by atoms with Crippen molar-refractivity contribution < 1.29 is 9.59 Å². The van der Waals surface area contributed by atoms with Gasteiger partial charge in [0.2, 0.25) is 11.8 Å². The number of aryl methyl sites for hydroxylation is 1. The number of carbonyl (C=O) groups excluding carboxylic acids is 2. The van der Waals surface area contributed by atoms with E-state index in [0.29, 0.717) is 22.3 Å². The van der Waals surface area contributed by atoms with Crippen molar-refractivity contribution >= 4 is 46.4 Å². The van der Waals surface area contributed by atoms with Gasteiger partial charge in [0.15, 0.2) is 0 Å². The Balaban J connectivity index is 1.77. The predicted molar refractivity (Wildman–Crippen MR) is 101 cm³/mol. The quantitative estimate of drug-likeness (QED) is 0.850. The molecule has 1 heterocycles. The Kier molecular flexibility index (Phi) is 5.02. The predicted octanol–water partition coefficient (Wildman–Crippen LogP) is 4.60. The van der Waals surface area contributed by atoms with Gasteiger partial charge >= 0.3 is 0 Å². The average Bonchev–Trinajstić information content (AvgIpc) is 2.95. The van der Waals surface area contributed by atoms with Gasteiger partial charge in [-0.15, -0.1) is 0 Å². The summed E-state index contributed by atoms with van der Waals surface area (Å²) < 4.78 is 0. The third kappa shape index (κ3) is 3.65. The monoisotopic (exact) mass is 376 g/mol. The lowest BCUT2D eigenvalue weighted by Gasteiger charge is -2.19. The van der Waals surface area contributed by atoms with Gasteiger partial charge in [-0.3, -0.25) is 9.59 Å². The lowest BCUT2D eigenvalue weighted by molar-refractivity contribution is -0.122. The normalized spacial score (nSPS) is 17.0. The smallest absolute Gasteiger partial charge is 0.229 e. The van der Waals surface area contributed by atoms with E-state index in [4.69, 9.17) is 23.2 Å². The summed E-state index contributed by atoms with van der Waals surface area (Å²) in [5.74, 6) is -0.668. The van der Waals surface area contributed by atoms with Crippen LogP contribution in [0.15, 0.2) is 36.4 Å². The number of hydrogen-bond acceptors (Lipinski definition) is 2. The molecule has 1 fully saturated rings. The Labute approximate surface area is 156 Å². The minimum Gasteiger partial charge on any atom is -0.325 e. The molecule has 4 nitrogen and oxygen atoms in total. The molecule has 2 aromatic rings. The molecule has 2 amide bonds. The molecule has 25 heavy (non-hydrogen) atoms. The minimum absolute atomic E-state index is 0.0756. The zero-order valence-electron chi connectivity index (χ0n) is 14.0. The maximum absolute atomic E-state index is 12.6. The van der Waals surface area contributed by atoms with E-state index in [-0.39, 0.29) is 18.2 Å². The second-order valence-corrected chi connectivity index (χ2v) is 7.08. The Bertz CT molecular complexity index is 851. The molecular weight excluding hydrogens is 359 g/mol. The molecule has 1 aliphatic heterocycles. The van der Waals surface area contributed by atoms with Crippen LogP contribution in [0, 0.1) is 19.8 Å². The van der Waals surface area contributed by atoms with Gasteiger partial charge in [-0.25, -0.2) is 0 Å². The van der Waals surface area contributed by atoms with Crippen LogP contribution in [-0.4, -0.2) is 18.4 Å². The molecule has 6 heteroatoms. The highest BCUT2D eigenvalue weighted by atomic mass is 35.5. The zero-order valence-corrected chi connectivity index (χ0v) is 15.5. The molecule has 0 unspecified atom stereocenters. The van der Waals surface area contributed by atoms with Gasteiger partial charge in [0.1, 0.15) is 0 Å². The topological polar surface area (TPSA) is 49.4 Å².